The first kappa shape index (κ1) is 27.3. The van der Waals surface area contributed by atoms with Crippen molar-refractivity contribution in [3.8, 4) is 12.3 Å². The number of benzene rings is 3. The number of nitrogens with one attached hydrogen (secondary N) is 2. The van der Waals surface area contributed by atoms with Crippen LogP contribution in [0.5, 0.6) is 0 Å². The van der Waals surface area contributed by atoms with Crippen LogP contribution < -0.4 is 10.6 Å². The number of carbonyl (C=O) groups excluding carboxylic acids is 3. The Bertz CT molecular complexity index is 1320. The summed E-state index contributed by atoms with van der Waals surface area (Å²) in [7, 11) is 0. The van der Waals surface area contributed by atoms with Gasteiger partial charge in [0.25, 0.3) is 5.91 Å². The SMILES string of the molecule is C#Cc1ccccc1C(C(=O)Nc1ccc2ccccc2c1)N(CCC)C(=O)CNC(=O)OC(C)(C)C. The summed E-state index contributed by atoms with van der Waals surface area (Å²) in [4.78, 5) is 40.8. The van der Waals surface area contributed by atoms with E-state index >= 15 is 0 Å². The van der Waals surface area contributed by atoms with Crippen molar-refractivity contribution >= 4 is 34.4 Å². The Hall–Kier alpha value is -4.31. The fourth-order valence-electron chi connectivity index (χ4n) is 4.00. The van der Waals surface area contributed by atoms with Gasteiger partial charge in [-0.05, 0) is 61.7 Å². The molecule has 0 heterocycles. The second kappa shape index (κ2) is 12.1. The minimum atomic E-state index is -1.01. The van der Waals surface area contributed by atoms with Crippen LogP contribution in [0.1, 0.15) is 51.3 Å². The van der Waals surface area contributed by atoms with E-state index in [0.717, 1.165) is 10.8 Å². The molecule has 0 fully saturated rings. The van der Waals surface area contributed by atoms with E-state index in [9.17, 15) is 14.4 Å². The van der Waals surface area contributed by atoms with E-state index in [1.807, 2.05) is 49.4 Å². The van der Waals surface area contributed by atoms with Crippen molar-refractivity contribution in [1.82, 2.24) is 10.2 Å². The quantitative estimate of drug-likeness (QED) is 0.414. The molecule has 0 aliphatic rings. The van der Waals surface area contributed by atoms with Gasteiger partial charge >= 0.3 is 6.09 Å². The Morgan fingerprint density at radius 1 is 1.00 bits per heavy atom. The summed E-state index contributed by atoms with van der Waals surface area (Å²) in [5, 5.41) is 7.48. The van der Waals surface area contributed by atoms with Crippen LogP contribution in [-0.2, 0) is 14.3 Å². The van der Waals surface area contributed by atoms with E-state index in [1.54, 1.807) is 45.0 Å². The third-order valence-corrected chi connectivity index (χ3v) is 5.56. The Morgan fingerprint density at radius 2 is 1.68 bits per heavy atom. The number of anilines is 1. The first-order valence-electron chi connectivity index (χ1n) is 12.2. The minimum absolute atomic E-state index is 0.281. The second-order valence-corrected chi connectivity index (χ2v) is 9.63. The van der Waals surface area contributed by atoms with Gasteiger partial charge in [0, 0.05) is 17.8 Å². The zero-order valence-corrected chi connectivity index (χ0v) is 21.7. The average molecular weight is 500 g/mol. The summed E-state index contributed by atoms with van der Waals surface area (Å²) < 4.78 is 5.24. The molecule has 0 aliphatic heterocycles. The molecule has 3 aromatic rings. The number of amides is 3. The molecule has 0 radical (unpaired) electrons. The van der Waals surface area contributed by atoms with Gasteiger partial charge in [0.1, 0.15) is 18.2 Å². The molecule has 3 aromatic carbocycles. The van der Waals surface area contributed by atoms with E-state index < -0.39 is 29.6 Å². The predicted octanol–water partition coefficient (Wildman–Crippen LogP) is 5.26. The van der Waals surface area contributed by atoms with Crippen LogP contribution in [0.15, 0.2) is 66.7 Å². The van der Waals surface area contributed by atoms with Crippen molar-refractivity contribution < 1.29 is 19.1 Å². The third-order valence-electron chi connectivity index (χ3n) is 5.56. The zero-order valence-electron chi connectivity index (χ0n) is 21.7. The van der Waals surface area contributed by atoms with Crippen LogP contribution in [0.4, 0.5) is 10.5 Å². The predicted molar refractivity (Wildman–Crippen MR) is 146 cm³/mol. The maximum absolute atomic E-state index is 13.8. The van der Waals surface area contributed by atoms with Crippen LogP contribution in [0.3, 0.4) is 0 Å². The van der Waals surface area contributed by atoms with Crippen LogP contribution >= 0.6 is 0 Å². The number of alkyl carbamates (subject to hydrolysis) is 1. The third kappa shape index (κ3) is 7.34. The Morgan fingerprint density at radius 3 is 2.35 bits per heavy atom. The van der Waals surface area contributed by atoms with Gasteiger partial charge in [0.2, 0.25) is 5.91 Å². The van der Waals surface area contributed by atoms with E-state index in [-0.39, 0.29) is 13.1 Å². The molecule has 7 nitrogen and oxygen atoms in total. The van der Waals surface area contributed by atoms with Gasteiger partial charge in [-0.3, -0.25) is 9.59 Å². The van der Waals surface area contributed by atoms with Crippen molar-refractivity contribution in [2.45, 2.75) is 45.8 Å². The Kier molecular flexibility index (Phi) is 8.91. The molecule has 3 rings (SSSR count). The lowest BCUT2D eigenvalue weighted by Crippen LogP contribution is -2.47. The highest BCUT2D eigenvalue weighted by atomic mass is 16.6. The van der Waals surface area contributed by atoms with E-state index in [0.29, 0.717) is 23.2 Å². The van der Waals surface area contributed by atoms with E-state index in [2.05, 4.69) is 16.6 Å². The molecular weight excluding hydrogens is 466 g/mol. The van der Waals surface area contributed by atoms with Gasteiger partial charge in [-0.2, -0.15) is 0 Å². The molecule has 1 atom stereocenters. The second-order valence-electron chi connectivity index (χ2n) is 9.63. The van der Waals surface area contributed by atoms with Crippen LogP contribution in [0.2, 0.25) is 0 Å². The first-order chi connectivity index (χ1) is 17.6. The number of nitrogens with zero attached hydrogens (tertiary/aromatic N) is 1. The number of hydrogen-bond acceptors (Lipinski definition) is 4. The van der Waals surface area contributed by atoms with Crippen molar-refractivity contribution in [3.63, 3.8) is 0 Å². The average Bonchev–Trinajstić information content (AvgIpc) is 2.86. The highest BCUT2D eigenvalue weighted by molar-refractivity contribution is 6.00. The molecule has 7 heteroatoms. The molecule has 0 saturated carbocycles. The lowest BCUT2D eigenvalue weighted by atomic mass is 9.97. The van der Waals surface area contributed by atoms with E-state index in [1.165, 1.54) is 4.90 Å². The van der Waals surface area contributed by atoms with Crippen LogP contribution in [0, 0.1) is 12.3 Å². The monoisotopic (exact) mass is 499 g/mol. The number of hydrogen-bond donors (Lipinski definition) is 2. The van der Waals surface area contributed by atoms with Gasteiger partial charge in [0.15, 0.2) is 0 Å². The van der Waals surface area contributed by atoms with Gasteiger partial charge in [-0.15, -0.1) is 6.42 Å². The Balaban J connectivity index is 1.93. The van der Waals surface area contributed by atoms with Crippen molar-refractivity contribution in [2.24, 2.45) is 0 Å². The number of carbonyl (C=O) groups is 3. The molecule has 0 aromatic heterocycles. The summed E-state index contributed by atoms with van der Waals surface area (Å²) in [6.45, 7) is 7.08. The highest BCUT2D eigenvalue weighted by Crippen LogP contribution is 2.27. The normalized spacial score (nSPS) is 11.8. The molecule has 0 bridgehead atoms. The van der Waals surface area contributed by atoms with Crippen molar-refractivity contribution in [3.05, 3.63) is 77.9 Å². The highest BCUT2D eigenvalue weighted by Gasteiger charge is 2.33. The smallest absolute Gasteiger partial charge is 0.408 e. The summed E-state index contributed by atoms with van der Waals surface area (Å²) in [5.41, 5.74) is 0.935. The van der Waals surface area contributed by atoms with Gasteiger partial charge in [-0.1, -0.05) is 61.4 Å². The lowest BCUT2D eigenvalue weighted by Gasteiger charge is -2.32. The number of fused-ring (bicyclic) bond motifs is 1. The topological polar surface area (TPSA) is 87.7 Å². The molecule has 1 unspecified atom stereocenters. The fraction of sp³-hybridized carbons (Fsp3) is 0.300. The summed E-state index contributed by atoms with van der Waals surface area (Å²) in [6, 6.07) is 19.5. The van der Waals surface area contributed by atoms with Gasteiger partial charge in [0.05, 0.1) is 0 Å². The fourth-order valence-corrected chi connectivity index (χ4v) is 4.00. The summed E-state index contributed by atoms with van der Waals surface area (Å²) in [5.74, 6) is 1.79. The molecule has 0 saturated heterocycles. The molecule has 3 amide bonds. The summed E-state index contributed by atoms with van der Waals surface area (Å²) >= 11 is 0. The Labute approximate surface area is 218 Å². The first-order valence-corrected chi connectivity index (χ1v) is 12.2. The van der Waals surface area contributed by atoms with Crippen molar-refractivity contribution in [2.75, 3.05) is 18.4 Å². The number of rotatable bonds is 8. The van der Waals surface area contributed by atoms with Crippen molar-refractivity contribution in [1.29, 1.82) is 0 Å². The molecule has 0 spiro atoms. The minimum Gasteiger partial charge on any atom is -0.444 e. The maximum Gasteiger partial charge on any atom is 0.408 e. The molecule has 192 valence electrons. The number of ether oxygens (including phenoxy) is 1. The molecule has 2 N–H and O–H groups in total. The maximum atomic E-state index is 13.8. The summed E-state index contributed by atoms with van der Waals surface area (Å²) in [6.07, 6.45) is 5.64. The number of terminal acetylenes is 1. The molecule has 0 aliphatic carbocycles. The lowest BCUT2D eigenvalue weighted by molar-refractivity contribution is -0.138. The van der Waals surface area contributed by atoms with E-state index in [4.69, 9.17) is 11.2 Å². The van der Waals surface area contributed by atoms with Crippen LogP contribution in [0.25, 0.3) is 10.8 Å². The van der Waals surface area contributed by atoms with Gasteiger partial charge < -0.3 is 20.3 Å². The largest absolute Gasteiger partial charge is 0.444 e. The molecule has 37 heavy (non-hydrogen) atoms. The van der Waals surface area contributed by atoms with Crippen LogP contribution in [-0.4, -0.2) is 41.5 Å². The standard InChI is InChI=1S/C30H33N3O4/c1-6-18-33(26(34)20-31-29(36)37-30(3,4)5)27(25-15-11-10-12-21(25)7-2)28(35)32-24-17-16-22-13-8-9-14-23(22)19-24/h2,8-17,19,27H,6,18,20H2,1,3-5H3,(H,31,36)(H,32,35). The zero-order chi connectivity index (χ0) is 27.0. The van der Waals surface area contributed by atoms with Gasteiger partial charge in [-0.25, -0.2) is 4.79 Å². The molecular formula is C30H33N3O4.